The molecule has 0 spiro atoms. The molecular formula is C17H23N3O2S. The maximum atomic E-state index is 12.5. The maximum absolute atomic E-state index is 12.5. The van der Waals surface area contributed by atoms with Crippen LogP contribution in [0.15, 0.2) is 4.79 Å². The van der Waals surface area contributed by atoms with E-state index in [9.17, 15) is 4.79 Å². The van der Waals surface area contributed by atoms with Gasteiger partial charge in [0.2, 0.25) is 0 Å². The fourth-order valence-corrected chi connectivity index (χ4v) is 4.98. The van der Waals surface area contributed by atoms with Crippen LogP contribution < -0.4 is 5.56 Å². The van der Waals surface area contributed by atoms with Gasteiger partial charge in [-0.1, -0.05) is 6.92 Å². The summed E-state index contributed by atoms with van der Waals surface area (Å²) in [4.78, 5) is 24.9. The minimum Gasteiger partial charge on any atom is -0.373 e. The minimum atomic E-state index is -0.0905. The molecule has 1 N–H and O–H groups in total. The Morgan fingerprint density at radius 2 is 2.30 bits per heavy atom. The lowest BCUT2D eigenvalue weighted by molar-refractivity contribution is -0.102. The van der Waals surface area contributed by atoms with Crippen LogP contribution in [0.4, 0.5) is 0 Å². The Morgan fingerprint density at radius 1 is 1.43 bits per heavy atom. The summed E-state index contributed by atoms with van der Waals surface area (Å²) >= 11 is 1.71. The number of rotatable bonds is 3. The fourth-order valence-electron chi connectivity index (χ4n) is 3.70. The van der Waals surface area contributed by atoms with Crippen molar-refractivity contribution in [1.82, 2.24) is 14.9 Å². The number of aromatic amines is 1. The molecule has 2 aromatic rings. The molecule has 0 saturated carbocycles. The predicted octanol–water partition coefficient (Wildman–Crippen LogP) is 2.47. The van der Waals surface area contributed by atoms with Crippen LogP contribution in [0.2, 0.25) is 0 Å². The monoisotopic (exact) mass is 333 g/mol. The molecule has 1 atom stereocenters. The molecule has 0 unspecified atom stereocenters. The van der Waals surface area contributed by atoms with E-state index in [4.69, 9.17) is 9.72 Å². The van der Waals surface area contributed by atoms with E-state index in [0.29, 0.717) is 6.54 Å². The van der Waals surface area contributed by atoms with Gasteiger partial charge < -0.3 is 9.72 Å². The van der Waals surface area contributed by atoms with Crippen LogP contribution in [0.3, 0.4) is 0 Å². The van der Waals surface area contributed by atoms with Crippen molar-refractivity contribution < 1.29 is 4.74 Å². The van der Waals surface area contributed by atoms with E-state index in [1.807, 2.05) is 0 Å². The van der Waals surface area contributed by atoms with Crippen molar-refractivity contribution in [2.75, 3.05) is 19.7 Å². The van der Waals surface area contributed by atoms with E-state index in [1.165, 1.54) is 16.9 Å². The lowest BCUT2D eigenvalue weighted by atomic mass is 10.0. The van der Waals surface area contributed by atoms with E-state index < -0.39 is 0 Å². The summed E-state index contributed by atoms with van der Waals surface area (Å²) in [7, 11) is 0. The number of aromatic nitrogens is 2. The molecule has 1 fully saturated rings. The van der Waals surface area contributed by atoms with Gasteiger partial charge >= 0.3 is 0 Å². The van der Waals surface area contributed by atoms with Crippen LogP contribution in [0.25, 0.3) is 10.2 Å². The van der Waals surface area contributed by atoms with Gasteiger partial charge in [0.1, 0.15) is 10.7 Å². The van der Waals surface area contributed by atoms with Gasteiger partial charge in [-0.05, 0) is 38.2 Å². The normalized spacial score (nSPS) is 25.1. The van der Waals surface area contributed by atoms with Gasteiger partial charge in [0.05, 0.1) is 24.1 Å². The Labute approximate surface area is 139 Å². The number of hydrogen-bond acceptors (Lipinski definition) is 5. The van der Waals surface area contributed by atoms with E-state index in [-0.39, 0.29) is 11.2 Å². The maximum Gasteiger partial charge on any atom is 0.259 e. The second-order valence-electron chi connectivity index (χ2n) is 6.91. The van der Waals surface area contributed by atoms with Gasteiger partial charge in [0.25, 0.3) is 5.56 Å². The molecular weight excluding hydrogens is 310 g/mol. The van der Waals surface area contributed by atoms with Crippen molar-refractivity contribution in [1.29, 1.82) is 0 Å². The second-order valence-corrected chi connectivity index (χ2v) is 8.00. The number of ether oxygens (including phenoxy) is 1. The summed E-state index contributed by atoms with van der Waals surface area (Å²) in [6, 6.07) is 0. The van der Waals surface area contributed by atoms with Crippen LogP contribution in [0.5, 0.6) is 0 Å². The van der Waals surface area contributed by atoms with E-state index in [2.05, 4.69) is 23.7 Å². The third kappa shape index (κ3) is 2.73. The van der Waals surface area contributed by atoms with Crippen molar-refractivity contribution in [2.24, 2.45) is 0 Å². The van der Waals surface area contributed by atoms with Gasteiger partial charge in [0.15, 0.2) is 0 Å². The molecule has 23 heavy (non-hydrogen) atoms. The van der Waals surface area contributed by atoms with Crippen molar-refractivity contribution in [3.05, 3.63) is 26.6 Å². The number of fused-ring (bicyclic) bond motifs is 3. The first-order chi connectivity index (χ1) is 11.1. The minimum absolute atomic E-state index is 0.0379. The molecule has 0 aromatic carbocycles. The van der Waals surface area contributed by atoms with Crippen molar-refractivity contribution in [3.8, 4) is 0 Å². The average molecular weight is 333 g/mol. The smallest absolute Gasteiger partial charge is 0.259 e. The topological polar surface area (TPSA) is 58.2 Å². The highest BCUT2D eigenvalue weighted by atomic mass is 32.1. The molecule has 124 valence electrons. The number of nitrogens with zero attached hydrogens (tertiary/aromatic N) is 2. The number of thiophene rings is 1. The molecule has 2 aliphatic rings. The summed E-state index contributed by atoms with van der Waals surface area (Å²) in [5.41, 5.74) is 1.19. The largest absolute Gasteiger partial charge is 0.373 e. The third-order valence-electron chi connectivity index (χ3n) is 5.16. The van der Waals surface area contributed by atoms with Crippen LogP contribution >= 0.6 is 11.3 Å². The molecule has 1 saturated heterocycles. The third-order valence-corrected chi connectivity index (χ3v) is 6.35. The van der Waals surface area contributed by atoms with Gasteiger partial charge in [-0.15, -0.1) is 11.3 Å². The first-order valence-electron chi connectivity index (χ1n) is 8.48. The number of morpholine rings is 1. The molecule has 0 bridgehead atoms. The average Bonchev–Trinajstić information content (AvgIpc) is 3.07. The van der Waals surface area contributed by atoms with Gasteiger partial charge in [0, 0.05) is 18.0 Å². The molecule has 6 heteroatoms. The Morgan fingerprint density at radius 3 is 3.13 bits per heavy atom. The fraction of sp³-hybridized carbons (Fsp3) is 0.647. The summed E-state index contributed by atoms with van der Waals surface area (Å²) in [6.07, 6.45) is 4.28. The Balaban J connectivity index is 1.61. The number of nitrogens with one attached hydrogen (secondary N) is 1. The van der Waals surface area contributed by atoms with Crippen molar-refractivity contribution >= 4 is 21.6 Å². The van der Waals surface area contributed by atoms with E-state index in [0.717, 1.165) is 55.0 Å². The number of aryl methyl sites for hydroxylation is 2. The summed E-state index contributed by atoms with van der Waals surface area (Å²) in [5.74, 6) is 0.780. The lowest BCUT2D eigenvalue weighted by Gasteiger charge is -2.39. The Bertz CT molecular complexity index is 797. The van der Waals surface area contributed by atoms with Gasteiger partial charge in [-0.3, -0.25) is 9.69 Å². The molecule has 2 aromatic heterocycles. The molecule has 1 aliphatic heterocycles. The Kier molecular flexibility index (Phi) is 3.78. The lowest BCUT2D eigenvalue weighted by Crippen LogP contribution is -2.49. The summed E-state index contributed by atoms with van der Waals surface area (Å²) in [6.45, 7) is 7.51. The quantitative estimate of drug-likeness (QED) is 0.937. The standard InChI is InChI=1S/C17H23N3O2S/c1-3-17(2)10-20(7-8-22-17)9-13-18-15(21)14-11-5-4-6-12(11)23-16(14)19-13/h3-10H2,1-2H3,(H,18,19,21)/t17-/m0/s1. The predicted molar refractivity (Wildman–Crippen MR) is 92.2 cm³/mol. The first kappa shape index (κ1) is 15.3. The highest BCUT2D eigenvalue weighted by Crippen LogP contribution is 2.34. The van der Waals surface area contributed by atoms with Gasteiger partial charge in [-0.25, -0.2) is 4.98 Å². The zero-order valence-electron chi connectivity index (χ0n) is 13.8. The SMILES string of the molecule is CC[C@@]1(C)CN(Cc2nc3sc4c(c3c(=O)[nH]2)CCC4)CCO1. The molecule has 3 heterocycles. The van der Waals surface area contributed by atoms with E-state index >= 15 is 0 Å². The summed E-state index contributed by atoms with van der Waals surface area (Å²) in [5, 5.41) is 0.839. The van der Waals surface area contributed by atoms with Crippen LogP contribution in [-0.2, 0) is 24.1 Å². The van der Waals surface area contributed by atoms with Crippen LogP contribution in [-0.4, -0.2) is 40.2 Å². The molecule has 5 nitrogen and oxygen atoms in total. The number of H-pyrrole nitrogens is 1. The van der Waals surface area contributed by atoms with E-state index in [1.54, 1.807) is 11.3 Å². The Hall–Kier alpha value is -1.24. The first-order valence-corrected chi connectivity index (χ1v) is 9.29. The summed E-state index contributed by atoms with van der Waals surface area (Å²) < 4.78 is 5.89. The zero-order chi connectivity index (χ0) is 16.0. The van der Waals surface area contributed by atoms with Crippen molar-refractivity contribution in [3.63, 3.8) is 0 Å². The number of hydrogen-bond donors (Lipinski definition) is 1. The van der Waals surface area contributed by atoms with Crippen molar-refractivity contribution in [2.45, 2.75) is 51.7 Å². The zero-order valence-corrected chi connectivity index (χ0v) is 14.6. The molecule has 4 rings (SSSR count). The van der Waals surface area contributed by atoms with Crippen LogP contribution in [0, 0.1) is 0 Å². The molecule has 0 amide bonds. The second kappa shape index (κ2) is 5.69. The highest BCUT2D eigenvalue weighted by Gasteiger charge is 2.30. The van der Waals surface area contributed by atoms with Gasteiger partial charge in [-0.2, -0.15) is 0 Å². The molecule has 0 radical (unpaired) electrons. The highest BCUT2D eigenvalue weighted by molar-refractivity contribution is 7.18. The molecule has 1 aliphatic carbocycles. The van der Waals surface area contributed by atoms with Crippen LogP contribution in [0.1, 0.15) is 43.0 Å².